The summed E-state index contributed by atoms with van der Waals surface area (Å²) in [6.45, 7) is 9.55. The molecule has 0 aliphatic carbocycles. The molecule has 0 heterocycles. The molecule has 0 spiro atoms. The zero-order chi connectivity index (χ0) is 17.8. The minimum Gasteiger partial charge on any atom is -0.444 e. The maximum Gasteiger partial charge on any atom is 0.412 e. The second-order valence-electron chi connectivity index (χ2n) is 6.82. The van der Waals surface area contributed by atoms with Crippen LogP contribution in [0, 0.1) is 13.8 Å². The van der Waals surface area contributed by atoms with E-state index in [0.717, 1.165) is 16.8 Å². The van der Waals surface area contributed by atoms with Crippen LogP contribution in [0.3, 0.4) is 0 Å². The molecule has 23 heavy (non-hydrogen) atoms. The smallest absolute Gasteiger partial charge is 0.412 e. The number of nitrogens with zero attached hydrogens (tertiary/aromatic N) is 1. The summed E-state index contributed by atoms with van der Waals surface area (Å²) in [7, 11) is 3.68. The predicted octanol–water partition coefficient (Wildman–Crippen LogP) is 3.15. The fraction of sp³-hybridized carbons (Fsp3) is 0.529. The Bertz CT molecular complexity index is 589. The molecule has 0 bridgehead atoms. The first-order valence-corrected chi connectivity index (χ1v) is 7.54. The zero-order valence-electron chi connectivity index (χ0n) is 15.0. The van der Waals surface area contributed by atoms with Crippen molar-refractivity contribution in [3.63, 3.8) is 0 Å². The Morgan fingerprint density at radius 2 is 1.52 bits per heavy atom. The van der Waals surface area contributed by atoms with Gasteiger partial charge in [0.05, 0.1) is 6.54 Å². The van der Waals surface area contributed by atoms with Gasteiger partial charge < -0.3 is 15.0 Å². The number of ether oxygens (including phenoxy) is 1. The molecular formula is C17H27N3O3. The van der Waals surface area contributed by atoms with Gasteiger partial charge >= 0.3 is 6.09 Å². The molecule has 0 unspecified atom stereocenters. The number of carbonyl (C=O) groups is 2. The Labute approximate surface area is 138 Å². The van der Waals surface area contributed by atoms with Gasteiger partial charge in [0.15, 0.2) is 0 Å². The molecule has 0 saturated heterocycles. The largest absolute Gasteiger partial charge is 0.444 e. The lowest BCUT2D eigenvalue weighted by atomic mass is 10.1. The lowest BCUT2D eigenvalue weighted by Gasteiger charge is -2.21. The molecule has 6 nitrogen and oxygen atoms in total. The Morgan fingerprint density at radius 3 is 1.96 bits per heavy atom. The summed E-state index contributed by atoms with van der Waals surface area (Å²) in [6.07, 6.45) is -0.496. The molecule has 0 atom stereocenters. The maximum atomic E-state index is 11.9. The first kappa shape index (κ1) is 19.0. The van der Waals surface area contributed by atoms with Crippen molar-refractivity contribution < 1.29 is 14.3 Å². The van der Waals surface area contributed by atoms with E-state index in [1.807, 2.05) is 48.7 Å². The number of anilines is 2. The Hall–Kier alpha value is -2.08. The fourth-order valence-electron chi connectivity index (χ4n) is 1.98. The first-order chi connectivity index (χ1) is 10.5. The van der Waals surface area contributed by atoms with E-state index in [1.54, 1.807) is 17.0 Å². The first-order valence-electron chi connectivity index (χ1n) is 7.54. The molecule has 2 N–H and O–H groups in total. The van der Waals surface area contributed by atoms with Gasteiger partial charge in [-0.1, -0.05) is 0 Å². The molecule has 2 amide bonds. The number of nitrogens with one attached hydrogen (secondary N) is 2. The molecular weight excluding hydrogens is 294 g/mol. The fourth-order valence-corrected chi connectivity index (χ4v) is 1.98. The molecule has 0 fully saturated rings. The van der Waals surface area contributed by atoms with Gasteiger partial charge in [-0.25, -0.2) is 4.79 Å². The zero-order valence-corrected chi connectivity index (χ0v) is 15.0. The standard InChI is InChI=1S/C17H27N3O3/c1-11-12(2)14(19-16(22)23-17(3,4)5)9-8-13(11)18-15(21)10-20(6)7/h8-9H,10H2,1-7H3,(H,18,21)(H,19,22). The van der Waals surface area contributed by atoms with Crippen LogP contribution in [0.5, 0.6) is 0 Å². The van der Waals surface area contributed by atoms with Crippen LogP contribution in [-0.4, -0.2) is 43.1 Å². The number of hydrogen-bond acceptors (Lipinski definition) is 4. The maximum absolute atomic E-state index is 11.9. The number of amides is 2. The van der Waals surface area contributed by atoms with Gasteiger partial charge in [0.25, 0.3) is 0 Å². The summed E-state index contributed by atoms with van der Waals surface area (Å²) in [5, 5.41) is 5.61. The Morgan fingerprint density at radius 1 is 1.04 bits per heavy atom. The third kappa shape index (κ3) is 6.28. The van der Waals surface area contributed by atoms with E-state index < -0.39 is 11.7 Å². The summed E-state index contributed by atoms with van der Waals surface area (Å²) in [5.74, 6) is -0.0784. The van der Waals surface area contributed by atoms with E-state index in [-0.39, 0.29) is 5.91 Å². The van der Waals surface area contributed by atoms with Gasteiger partial charge in [0, 0.05) is 11.4 Å². The lowest BCUT2D eigenvalue weighted by molar-refractivity contribution is -0.116. The molecule has 128 valence electrons. The van der Waals surface area contributed by atoms with Crippen LogP contribution in [0.25, 0.3) is 0 Å². The molecule has 1 rings (SSSR count). The van der Waals surface area contributed by atoms with Gasteiger partial charge in [0.2, 0.25) is 5.91 Å². The van der Waals surface area contributed by atoms with Crippen molar-refractivity contribution in [1.29, 1.82) is 0 Å². The average Bonchev–Trinajstić information content (AvgIpc) is 2.35. The minimum atomic E-state index is -0.548. The molecule has 0 aromatic heterocycles. The Kier molecular flexibility index (Phi) is 6.15. The summed E-state index contributed by atoms with van der Waals surface area (Å²) >= 11 is 0. The van der Waals surface area contributed by atoms with E-state index in [1.165, 1.54) is 0 Å². The number of hydrogen-bond donors (Lipinski definition) is 2. The SMILES string of the molecule is Cc1c(NC(=O)CN(C)C)ccc(NC(=O)OC(C)(C)C)c1C. The second kappa shape index (κ2) is 7.46. The van der Waals surface area contributed by atoms with E-state index in [2.05, 4.69) is 10.6 Å². The number of benzene rings is 1. The summed E-state index contributed by atoms with van der Waals surface area (Å²) in [5.41, 5.74) is 2.66. The van der Waals surface area contributed by atoms with Crippen molar-refractivity contribution >= 4 is 23.4 Å². The van der Waals surface area contributed by atoms with E-state index in [9.17, 15) is 9.59 Å². The highest BCUT2D eigenvalue weighted by molar-refractivity contribution is 5.94. The predicted molar refractivity (Wildman–Crippen MR) is 93.0 cm³/mol. The van der Waals surface area contributed by atoms with Crippen LogP contribution in [0.2, 0.25) is 0 Å². The van der Waals surface area contributed by atoms with Crippen LogP contribution >= 0.6 is 0 Å². The van der Waals surface area contributed by atoms with E-state index >= 15 is 0 Å². The van der Waals surface area contributed by atoms with Crippen molar-refractivity contribution in [2.45, 2.75) is 40.2 Å². The highest BCUT2D eigenvalue weighted by atomic mass is 16.6. The molecule has 0 radical (unpaired) electrons. The quantitative estimate of drug-likeness (QED) is 0.893. The third-order valence-corrected chi connectivity index (χ3v) is 3.16. The molecule has 1 aromatic rings. The highest BCUT2D eigenvalue weighted by Gasteiger charge is 2.17. The number of rotatable bonds is 4. The van der Waals surface area contributed by atoms with Crippen LogP contribution in [-0.2, 0) is 9.53 Å². The molecule has 6 heteroatoms. The van der Waals surface area contributed by atoms with Crippen molar-refractivity contribution in [2.75, 3.05) is 31.3 Å². The van der Waals surface area contributed by atoms with Crippen molar-refractivity contribution in [3.8, 4) is 0 Å². The van der Waals surface area contributed by atoms with Gasteiger partial charge in [-0.3, -0.25) is 10.1 Å². The van der Waals surface area contributed by atoms with E-state index in [4.69, 9.17) is 4.74 Å². The van der Waals surface area contributed by atoms with Crippen LogP contribution in [0.4, 0.5) is 16.2 Å². The second-order valence-corrected chi connectivity index (χ2v) is 6.82. The molecule has 0 aliphatic heterocycles. The monoisotopic (exact) mass is 321 g/mol. The minimum absolute atomic E-state index is 0.0784. The Balaban J connectivity index is 2.85. The topological polar surface area (TPSA) is 70.7 Å². The van der Waals surface area contributed by atoms with Gasteiger partial charge in [-0.05, 0) is 72.0 Å². The average molecular weight is 321 g/mol. The summed E-state index contributed by atoms with van der Waals surface area (Å²) in [4.78, 5) is 25.5. The van der Waals surface area contributed by atoms with Gasteiger partial charge in [0.1, 0.15) is 5.60 Å². The molecule has 0 aliphatic rings. The van der Waals surface area contributed by atoms with E-state index in [0.29, 0.717) is 12.2 Å². The number of carbonyl (C=O) groups excluding carboxylic acids is 2. The molecule has 1 aromatic carbocycles. The third-order valence-electron chi connectivity index (χ3n) is 3.16. The van der Waals surface area contributed by atoms with Crippen molar-refractivity contribution in [2.24, 2.45) is 0 Å². The van der Waals surface area contributed by atoms with Gasteiger partial charge in [-0.15, -0.1) is 0 Å². The number of likely N-dealkylation sites (N-methyl/N-ethyl adjacent to an activating group) is 1. The molecule has 0 saturated carbocycles. The lowest BCUT2D eigenvalue weighted by Crippen LogP contribution is -2.28. The van der Waals surface area contributed by atoms with Gasteiger partial charge in [-0.2, -0.15) is 0 Å². The summed E-state index contributed by atoms with van der Waals surface area (Å²) < 4.78 is 5.25. The van der Waals surface area contributed by atoms with Crippen LogP contribution in [0.15, 0.2) is 12.1 Å². The normalized spacial score (nSPS) is 11.3. The van der Waals surface area contributed by atoms with Crippen LogP contribution < -0.4 is 10.6 Å². The summed E-state index contributed by atoms with van der Waals surface area (Å²) in [6, 6.07) is 3.54. The van der Waals surface area contributed by atoms with Crippen LogP contribution in [0.1, 0.15) is 31.9 Å². The van der Waals surface area contributed by atoms with Crippen molar-refractivity contribution in [1.82, 2.24) is 4.90 Å². The highest BCUT2D eigenvalue weighted by Crippen LogP contribution is 2.26. The van der Waals surface area contributed by atoms with Crippen molar-refractivity contribution in [3.05, 3.63) is 23.3 Å².